The summed E-state index contributed by atoms with van der Waals surface area (Å²) in [7, 11) is 0. The molecular weight excluding hydrogens is 328 g/mol. The summed E-state index contributed by atoms with van der Waals surface area (Å²) in [6.07, 6.45) is 7.51. The minimum absolute atomic E-state index is 0.0748. The third-order valence-electron chi connectivity index (χ3n) is 5.11. The van der Waals surface area contributed by atoms with Gasteiger partial charge in [-0.15, -0.1) is 0 Å². The van der Waals surface area contributed by atoms with Crippen LogP contribution in [-0.2, 0) is 24.2 Å². The molecule has 0 radical (unpaired) electrons. The van der Waals surface area contributed by atoms with E-state index < -0.39 is 0 Å². The summed E-state index contributed by atoms with van der Waals surface area (Å²) >= 11 is 0. The van der Waals surface area contributed by atoms with E-state index in [0.29, 0.717) is 23.7 Å². The van der Waals surface area contributed by atoms with Gasteiger partial charge in [-0.05, 0) is 56.7 Å². The van der Waals surface area contributed by atoms with Crippen molar-refractivity contribution in [3.05, 3.63) is 46.8 Å². The quantitative estimate of drug-likeness (QED) is 0.868. The first-order valence-corrected chi connectivity index (χ1v) is 9.35. The molecule has 6 nitrogen and oxygen atoms in total. The molecule has 2 N–H and O–H groups in total. The Hall–Kier alpha value is -2.63. The predicted molar refractivity (Wildman–Crippen MR) is 99.2 cm³/mol. The van der Waals surface area contributed by atoms with Gasteiger partial charge < -0.3 is 10.6 Å². The molecule has 0 unspecified atom stereocenters. The number of hydrogen-bond donors (Lipinski definition) is 2. The van der Waals surface area contributed by atoms with Crippen LogP contribution in [0.15, 0.2) is 24.4 Å². The maximum Gasteiger partial charge on any atom is 0.251 e. The highest BCUT2D eigenvalue weighted by molar-refractivity contribution is 5.98. The van der Waals surface area contributed by atoms with Crippen LogP contribution in [0, 0.1) is 6.92 Å². The Morgan fingerprint density at radius 1 is 1.27 bits per heavy atom. The van der Waals surface area contributed by atoms with Gasteiger partial charge in [0.25, 0.3) is 5.91 Å². The Balaban J connectivity index is 1.45. The van der Waals surface area contributed by atoms with E-state index in [1.54, 1.807) is 12.1 Å². The molecule has 0 spiro atoms. The van der Waals surface area contributed by atoms with Gasteiger partial charge in [0.05, 0.1) is 12.6 Å². The largest absolute Gasteiger partial charge is 0.349 e. The van der Waals surface area contributed by atoms with Gasteiger partial charge in [0.2, 0.25) is 5.91 Å². The second-order valence-electron chi connectivity index (χ2n) is 7.30. The van der Waals surface area contributed by atoms with Crippen molar-refractivity contribution >= 4 is 17.5 Å². The van der Waals surface area contributed by atoms with Gasteiger partial charge in [0.1, 0.15) is 0 Å². The van der Waals surface area contributed by atoms with Crippen molar-refractivity contribution < 1.29 is 9.59 Å². The summed E-state index contributed by atoms with van der Waals surface area (Å²) in [5.74, 6) is -0.150. The third kappa shape index (κ3) is 3.64. The highest BCUT2D eigenvalue weighted by Gasteiger charge is 2.24. The maximum atomic E-state index is 12.5. The fourth-order valence-corrected chi connectivity index (χ4v) is 3.40. The number of anilines is 1. The Bertz CT molecular complexity index is 851. The summed E-state index contributed by atoms with van der Waals surface area (Å²) in [4.78, 5) is 24.8. The zero-order chi connectivity index (χ0) is 18.1. The van der Waals surface area contributed by atoms with Crippen LogP contribution in [0.2, 0.25) is 0 Å². The Morgan fingerprint density at radius 3 is 2.92 bits per heavy atom. The number of fused-ring (bicyclic) bond motifs is 1. The number of nitrogens with one attached hydrogen (secondary N) is 2. The lowest BCUT2D eigenvalue weighted by molar-refractivity contribution is -0.115. The van der Waals surface area contributed by atoms with Gasteiger partial charge in [-0.25, -0.2) is 0 Å². The predicted octanol–water partition coefficient (Wildman–Crippen LogP) is 2.60. The van der Waals surface area contributed by atoms with Crippen molar-refractivity contribution in [1.82, 2.24) is 15.1 Å². The lowest BCUT2D eigenvalue weighted by Crippen LogP contribution is -2.25. The number of aryl methyl sites for hydroxylation is 2. The molecule has 6 heteroatoms. The van der Waals surface area contributed by atoms with Crippen molar-refractivity contribution in [1.29, 1.82) is 0 Å². The summed E-state index contributed by atoms with van der Waals surface area (Å²) < 4.78 is 2.01. The molecule has 1 saturated carbocycles. The van der Waals surface area contributed by atoms with Gasteiger partial charge in [0.15, 0.2) is 0 Å². The lowest BCUT2D eigenvalue weighted by Gasteiger charge is -2.15. The Labute approximate surface area is 153 Å². The molecule has 2 aliphatic rings. The van der Waals surface area contributed by atoms with Crippen LogP contribution in [0.3, 0.4) is 0 Å². The van der Waals surface area contributed by atoms with E-state index in [2.05, 4.69) is 15.7 Å². The highest BCUT2D eigenvalue weighted by Crippen LogP contribution is 2.22. The Kier molecular flexibility index (Phi) is 4.49. The minimum Gasteiger partial charge on any atom is -0.349 e. The first-order chi connectivity index (χ1) is 12.6. The van der Waals surface area contributed by atoms with Gasteiger partial charge in [0, 0.05) is 35.1 Å². The summed E-state index contributed by atoms with van der Waals surface area (Å²) in [5, 5.41) is 10.3. The molecule has 0 bridgehead atoms. The average Bonchev–Trinajstić information content (AvgIpc) is 3.36. The van der Waals surface area contributed by atoms with Gasteiger partial charge in [-0.3, -0.25) is 14.3 Å². The molecule has 1 aromatic heterocycles. The second kappa shape index (κ2) is 6.94. The van der Waals surface area contributed by atoms with Crippen LogP contribution in [0.1, 0.15) is 52.9 Å². The molecule has 0 atom stereocenters. The smallest absolute Gasteiger partial charge is 0.251 e. The van der Waals surface area contributed by atoms with Crippen molar-refractivity contribution in [2.75, 3.05) is 5.32 Å². The van der Waals surface area contributed by atoms with E-state index in [0.717, 1.165) is 49.8 Å². The first-order valence-electron chi connectivity index (χ1n) is 9.35. The monoisotopic (exact) mass is 352 g/mol. The van der Waals surface area contributed by atoms with Crippen LogP contribution >= 0.6 is 0 Å². The lowest BCUT2D eigenvalue weighted by atomic mass is 10.0. The highest BCUT2D eigenvalue weighted by atomic mass is 16.2. The molecule has 1 aromatic carbocycles. The molecule has 2 heterocycles. The molecule has 1 aliphatic carbocycles. The summed E-state index contributed by atoms with van der Waals surface area (Å²) in [6, 6.07) is 5.75. The molecule has 1 aliphatic heterocycles. The molecule has 26 heavy (non-hydrogen) atoms. The van der Waals surface area contributed by atoms with Crippen molar-refractivity contribution in [3.63, 3.8) is 0 Å². The minimum atomic E-state index is -0.0753. The number of carbonyl (C=O) groups excluding carboxylic acids is 2. The number of carbonyl (C=O) groups is 2. The van der Waals surface area contributed by atoms with Crippen molar-refractivity contribution in [2.24, 2.45) is 0 Å². The molecule has 4 rings (SSSR count). The standard InChI is InChI=1S/C20H24N4O2/c1-13-5-6-14(20(26)22-16-7-8-16)10-17(13)23-19(25)11-15-12-21-24-9-3-2-4-18(15)24/h5-6,10,12,16H,2-4,7-9,11H2,1H3,(H,22,26)(H,23,25). The molecule has 0 saturated heterocycles. The third-order valence-corrected chi connectivity index (χ3v) is 5.11. The number of rotatable bonds is 5. The van der Waals surface area contributed by atoms with Crippen LogP contribution in [0.5, 0.6) is 0 Å². The van der Waals surface area contributed by atoms with Gasteiger partial charge in [-0.1, -0.05) is 6.07 Å². The van der Waals surface area contributed by atoms with E-state index in [9.17, 15) is 9.59 Å². The summed E-state index contributed by atoms with van der Waals surface area (Å²) in [6.45, 7) is 2.87. The number of benzene rings is 1. The van der Waals surface area contributed by atoms with E-state index >= 15 is 0 Å². The number of nitrogens with zero attached hydrogens (tertiary/aromatic N) is 2. The van der Waals surface area contributed by atoms with Crippen molar-refractivity contribution in [2.45, 2.75) is 58.0 Å². The van der Waals surface area contributed by atoms with E-state index in [1.165, 1.54) is 5.69 Å². The molecular formula is C20H24N4O2. The number of amides is 2. The van der Waals surface area contributed by atoms with E-state index in [-0.39, 0.29) is 11.8 Å². The second-order valence-corrected chi connectivity index (χ2v) is 7.30. The van der Waals surface area contributed by atoms with Crippen LogP contribution < -0.4 is 10.6 Å². The van der Waals surface area contributed by atoms with Gasteiger partial charge in [-0.2, -0.15) is 5.10 Å². The molecule has 1 fully saturated rings. The first kappa shape index (κ1) is 16.8. The summed E-state index contributed by atoms with van der Waals surface area (Å²) in [5.41, 5.74) is 4.40. The fraction of sp³-hybridized carbons (Fsp3) is 0.450. The fourth-order valence-electron chi connectivity index (χ4n) is 3.40. The zero-order valence-corrected chi connectivity index (χ0v) is 15.0. The van der Waals surface area contributed by atoms with Crippen LogP contribution in [0.4, 0.5) is 5.69 Å². The van der Waals surface area contributed by atoms with Crippen LogP contribution in [0.25, 0.3) is 0 Å². The van der Waals surface area contributed by atoms with E-state index in [4.69, 9.17) is 0 Å². The number of hydrogen-bond acceptors (Lipinski definition) is 3. The average molecular weight is 352 g/mol. The molecule has 2 amide bonds. The number of aromatic nitrogens is 2. The van der Waals surface area contributed by atoms with Crippen LogP contribution in [-0.4, -0.2) is 27.6 Å². The maximum absolute atomic E-state index is 12.5. The molecule has 136 valence electrons. The Morgan fingerprint density at radius 2 is 2.12 bits per heavy atom. The topological polar surface area (TPSA) is 76.0 Å². The SMILES string of the molecule is Cc1ccc(C(=O)NC2CC2)cc1NC(=O)Cc1cnn2c1CCCC2. The normalized spacial score (nSPS) is 16.0. The van der Waals surface area contributed by atoms with Gasteiger partial charge >= 0.3 is 0 Å². The zero-order valence-electron chi connectivity index (χ0n) is 15.0. The molecule has 2 aromatic rings. The van der Waals surface area contributed by atoms with E-state index in [1.807, 2.05) is 23.9 Å². The van der Waals surface area contributed by atoms with Crippen molar-refractivity contribution in [3.8, 4) is 0 Å².